The van der Waals surface area contributed by atoms with Crippen LogP contribution in [0.3, 0.4) is 0 Å². The highest BCUT2D eigenvalue weighted by Crippen LogP contribution is 2.16. The van der Waals surface area contributed by atoms with Gasteiger partial charge in [0.15, 0.2) is 0 Å². The second-order valence-electron chi connectivity index (χ2n) is 4.39. The van der Waals surface area contributed by atoms with Gasteiger partial charge in [-0.1, -0.05) is 0 Å². The van der Waals surface area contributed by atoms with Crippen LogP contribution in [0.25, 0.3) is 0 Å². The topological polar surface area (TPSA) is 148 Å². The number of nitrogens with two attached hydrogens (primary N) is 2. The molecule has 0 aromatic carbocycles. The third-order valence-corrected chi connectivity index (χ3v) is 2.80. The van der Waals surface area contributed by atoms with Gasteiger partial charge < -0.3 is 27.2 Å². The minimum absolute atomic E-state index is 0.337. The SMILES string of the molecule is Cn1ncc(NC(=O)[C@@H](N)CCCCNC(=O)O)c1N. The number of hydrogen-bond acceptors (Lipinski definition) is 5. The van der Waals surface area contributed by atoms with Gasteiger partial charge in [0, 0.05) is 13.6 Å². The number of carboxylic acid groups (broad SMARTS) is 1. The van der Waals surface area contributed by atoms with Gasteiger partial charge in [-0.2, -0.15) is 5.10 Å². The Morgan fingerprint density at radius 3 is 2.75 bits per heavy atom. The van der Waals surface area contributed by atoms with E-state index < -0.39 is 12.1 Å². The Labute approximate surface area is 116 Å². The lowest BCUT2D eigenvalue weighted by Crippen LogP contribution is -2.35. The number of amides is 2. The van der Waals surface area contributed by atoms with Gasteiger partial charge >= 0.3 is 6.09 Å². The zero-order valence-electron chi connectivity index (χ0n) is 11.3. The number of nitrogen functional groups attached to an aromatic ring is 1. The van der Waals surface area contributed by atoms with Crippen molar-refractivity contribution in [2.45, 2.75) is 25.3 Å². The summed E-state index contributed by atoms with van der Waals surface area (Å²) in [4.78, 5) is 22.0. The summed E-state index contributed by atoms with van der Waals surface area (Å²) >= 11 is 0. The summed E-state index contributed by atoms with van der Waals surface area (Å²) in [6.07, 6.45) is 2.14. The molecule has 0 radical (unpaired) electrons. The first-order valence-corrected chi connectivity index (χ1v) is 6.22. The first-order chi connectivity index (χ1) is 9.41. The highest BCUT2D eigenvalue weighted by molar-refractivity contribution is 5.96. The van der Waals surface area contributed by atoms with Crippen molar-refractivity contribution in [3.8, 4) is 0 Å². The minimum atomic E-state index is -1.06. The Kier molecular flexibility index (Phi) is 5.78. The molecule has 0 aliphatic carbocycles. The van der Waals surface area contributed by atoms with Crippen LogP contribution in [0, 0.1) is 0 Å². The summed E-state index contributed by atoms with van der Waals surface area (Å²) in [7, 11) is 1.67. The van der Waals surface area contributed by atoms with Crippen LogP contribution in [0.2, 0.25) is 0 Å². The van der Waals surface area contributed by atoms with Crippen LogP contribution in [0.15, 0.2) is 6.20 Å². The van der Waals surface area contributed by atoms with Crippen molar-refractivity contribution in [2.75, 3.05) is 17.6 Å². The van der Waals surface area contributed by atoms with Gasteiger partial charge in [-0.25, -0.2) is 4.79 Å². The molecule has 0 spiro atoms. The molecule has 0 aliphatic rings. The molecule has 0 saturated carbocycles. The van der Waals surface area contributed by atoms with Crippen LogP contribution in [-0.2, 0) is 11.8 Å². The smallest absolute Gasteiger partial charge is 0.404 e. The maximum Gasteiger partial charge on any atom is 0.404 e. The number of rotatable bonds is 7. The summed E-state index contributed by atoms with van der Waals surface area (Å²) in [6.45, 7) is 0.346. The number of aromatic nitrogens is 2. The molecule has 1 rings (SSSR count). The molecule has 9 nitrogen and oxygen atoms in total. The molecular formula is C11H20N6O3. The van der Waals surface area contributed by atoms with Gasteiger partial charge in [-0.05, 0) is 19.3 Å². The fourth-order valence-electron chi connectivity index (χ4n) is 1.58. The first kappa shape index (κ1) is 15.8. The summed E-state index contributed by atoms with van der Waals surface area (Å²) in [5.41, 5.74) is 11.9. The lowest BCUT2D eigenvalue weighted by atomic mass is 10.1. The Morgan fingerprint density at radius 1 is 1.50 bits per heavy atom. The third-order valence-electron chi connectivity index (χ3n) is 2.80. The predicted octanol–water partition coefficient (Wildman–Crippen LogP) is -0.294. The van der Waals surface area contributed by atoms with Crippen LogP contribution >= 0.6 is 0 Å². The predicted molar refractivity (Wildman–Crippen MR) is 74.1 cm³/mol. The fourth-order valence-corrected chi connectivity index (χ4v) is 1.58. The van der Waals surface area contributed by atoms with E-state index in [-0.39, 0.29) is 5.91 Å². The molecule has 0 saturated heterocycles. The van der Waals surface area contributed by atoms with Gasteiger partial charge in [0.25, 0.3) is 0 Å². The van der Waals surface area contributed by atoms with E-state index in [0.29, 0.717) is 37.3 Å². The van der Waals surface area contributed by atoms with Gasteiger partial charge in [0.05, 0.1) is 12.2 Å². The minimum Gasteiger partial charge on any atom is -0.465 e. The van der Waals surface area contributed by atoms with Gasteiger partial charge in [0.2, 0.25) is 5.91 Å². The molecule has 1 aromatic heterocycles. The standard InChI is InChI=1S/C11H20N6O3/c1-17-9(13)8(6-15-17)16-10(18)7(12)4-2-3-5-14-11(19)20/h6-7,14H,2-5,12-13H2,1H3,(H,16,18)(H,19,20)/t7-/m0/s1. The molecule has 1 aromatic rings. The molecule has 112 valence electrons. The van der Waals surface area contributed by atoms with Crippen LogP contribution in [0.5, 0.6) is 0 Å². The largest absolute Gasteiger partial charge is 0.465 e. The zero-order chi connectivity index (χ0) is 15.1. The van der Waals surface area contributed by atoms with E-state index in [4.69, 9.17) is 16.6 Å². The maximum atomic E-state index is 11.8. The van der Waals surface area contributed by atoms with Crippen molar-refractivity contribution in [2.24, 2.45) is 12.8 Å². The van der Waals surface area contributed by atoms with Crippen LogP contribution in [-0.4, -0.2) is 39.5 Å². The summed E-state index contributed by atoms with van der Waals surface area (Å²) in [5, 5.41) is 17.1. The van der Waals surface area contributed by atoms with Crippen LogP contribution < -0.4 is 22.1 Å². The molecule has 7 N–H and O–H groups in total. The normalized spacial score (nSPS) is 11.9. The van der Waals surface area contributed by atoms with Crippen LogP contribution in [0.1, 0.15) is 19.3 Å². The Hall–Kier alpha value is -2.29. The highest BCUT2D eigenvalue weighted by atomic mass is 16.4. The zero-order valence-corrected chi connectivity index (χ0v) is 11.3. The van der Waals surface area contributed by atoms with E-state index >= 15 is 0 Å². The summed E-state index contributed by atoms with van der Waals surface area (Å²) in [5.74, 6) is 0.0205. The van der Waals surface area contributed by atoms with E-state index in [9.17, 15) is 9.59 Å². The summed E-state index contributed by atoms with van der Waals surface area (Å²) in [6, 6.07) is -0.667. The van der Waals surface area contributed by atoms with E-state index in [1.54, 1.807) is 7.05 Å². The number of anilines is 2. The van der Waals surface area contributed by atoms with Gasteiger partial charge in [-0.15, -0.1) is 0 Å². The molecule has 1 heterocycles. The van der Waals surface area contributed by atoms with Crippen LogP contribution in [0.4, 0.5) is 16.3 Å². The van der Waals surface area contributed by atoms with Crippen molar-refractivity contribution in [3.63, 3.8) is 0 Å². The number of carbonyl (C=O) groups is 2. The number of nitrogens with zero attached hydrogens (tertiary/aromatic N) is 2. The molecular weight excluding hydrogens is 264 g/mol. The Bertz CT molecular complexity index is 473. The molecule has 9 heteroatoms. The molecule has 0 bridgehead atoms. The number of unbranched alkanes of at least 4 members (excludes halogenated alkanes) is 1. The molecule has 0 unspecified atom stereocenters. The lowest BCUT2D eigenvalue weighted by Gasteiger charge is -2.11. The number of hydrogen-bond donors (Lipinski definition) is 5. The number of aryl methyl sites for hydroxylation is 1. The van der Waals surface area contributed by atoms with Crippen molar-refractivity contribution in [3.05, 3.63) is 6.20 Å². The van der Waals surface area contributed by atoms with Crippen molar-refractivity contribution < 1.29 is 14.7 Å². The highest BCUT2D eigenvalue weighted by Gasteiger charge is 2.15. The monoisotopic (exact) mass is 284 g/mol. The van der Waals surface area contributed by atoms with Crippen molar-refractivity contribution in [1.29, 1.82) is 0 Å². The Balaban J connectivity index is 2.29. The summed E-state index contributed by atoms with van der Waals surface area (Å²) < 4.78 is 1.44. The average Bonchev–Trinajstić information content (AvgIpc) is 2.69. The first-order valence-electron chi connectivity index (χ1n) is 6.22. The molecule has 20 heavy (non-hydrogen) atoms. The second kappa shape index (κ2) is 7.34. The average molecular weight is 284 g/mol. The molecule has 2 amide bonds. The fraction of sp³-hybridized carbons (Fsp3) is 0.545. The van der Waals surface area contributed by atoms with E-state index in [0.717, 1.165) is 0 Å². The van der Waals surface area contributed by atoms with E-state index in [2.05, 4.69) is 15.7 Å². The van der Waals surface area contributed by atoms with E-state index in [1.165, 1.54) is 10.9 Å². The number of carbonyl (C=O) groups excluding carboxylic acids is 1. The van der Waals surface area contributed by atoms with Gasteiger partial charge in [0.1, 0.15) is 11.5 Å². The van der Waals surface area contributed by atoms with Crippen molar-refractivity contribution in [1.82, 2.24) is 15.1 Å². The van der Waals surface area contributed by atoms with E-state index in [1.807, 2.05) is 0 Å². The lowest BCUT2D eigenvalue weighted by molar-refractivity contribution is -0.117. The van der Waals surface area contributed by atoms with Crippen molar-refractivity contribution >= 4 is 23.5 Å². The molecule has 1 atom stereocenters. The van der Waals surface area contributed by atoms with Gasteiger partial charge in [-0.3, -0.25) is 9.48 Å². The second-order valence-corrected chi connectivity index (χ2v) is 4.39. The third kappa shape index (κ3) is 4.76. The quantitative estimate of drug-likeness (QED) is 0.434. The number of nitrogens with one attached hydrogen (secondary N) is 2. The maximum absolute atomic E-state index is 11.8. The molecule has 0 aliphatic heterocycles. The molecule has 0 fully saturated rings. The Morgan fingerprint density at radius 2 is 2.20 bits per heavy atom.